The predicted molar refractivity (Wildman–Crippen MR) is 80.1 cm³/mol. The van der Waals surface area contributed by atoms with E-state index in [2.05, 4.69) is 26.1 Å². The van der Waals surface area contributed by atoms with E-state index in [1.165, 1.54) is 0 Å². The minimum Gasteiger partial charge on any atom is -0.496 e. The largest absolute Gasteiger partial charge is 0.496 e. The molecule has 4 nitrogen and oxygen atoms in total. The van der Waals surface area contributed by atoms with Crippen LogP contribution in [-0.4, -0.2) is 43.1 Å². The lowest BCUT2D eigenvalue weighted by Gasteiger charge is -2.41. The molecule has 4 heteroatoms. The molecular weight excluding hydrogens is 252 g/mol. The van der Waals surface area contributed by atoms with Crippen LogP contribution in [-0.2, 0) is 0 Å². The molecule has 1 heterocycles. The van der Waals surface area contributed by atoms with Gasteiger partial charge in [0.2, 0.25) is 0 Å². The van der Waals surface area contributed by atoms with Gasteiger partial charge in [-0.25, -0.2) is 0 Å². The number of benzene rings is 1. The molecule has 2 rings (SSSR count). The molecule has 1 aliphatic rings. The summed E-state index contributed by atoms with van der Waals surface area (Å²) in [6.45, 7) is 8.01. The van der Waals surface area contributed by atoms with Gasteiger partial charge in [-0.05, 0) is 25.0 Å². The minimum atomic E-state index is 0.0644. The van der Waals surface area contributed by atoms with E-state index >= 15 is 0 Å². The molecular formula is C16H24N2O2. The Bertz CT molecular complexity index is 473. The van der Waals surface area contributed by atoms with Crippen molar-refractivity contribution in [1.82, 2.24) is 10.2 Å². The van der Waals surface area contributed by atoms with Crippen LogP contribution in [0.25, 0.3) is 0 Å². The normalized spacial score (nSPS) is 22.9. The highest BCUT2D eigenvalue weighted by Crippen LogP contribution is 2.23. The standard InChI is InChI=1S/C16H24N2O2/c1-11(2)14-9-17-12(3)10-18(14)16(19)13-7-5-6-8-15(13)20-4/h5-8,11-12,14,17H,9-10H2,1-4H3. The summed E-state index contributed by atoms with van der Waals surface area (Å²) in [4.78, 5) is 14.8. The van der Waals surface area contributed by atoms with E-state index in [9.17, 15) is 4.79 Å². The average Bonchev–Trinajstić information content (AvgIpc) is 2.46. The molecule has 0 spiro atoms. The first-order chi connectivity index (χ1) is 9.54. The van der Waals surface area contributed by atoms with E-state index in [1.807, 2.05) is 29.2 Å². The second-order valence-corrected chi connectivity index (χ2v) is 5.78. The van der Waals surface area contributed by atoms with E-state index in [0.29, 0.717) is 23.3 Å². The van der Waals surface area contributed by atoms with Crippen molar-refractivity contribution in [3.63, 3.8) is 0 Å². The van der Waals surface area contributed by atoms with Gasteiger partial charge in [0.05, 0.1) is 12.7 Å². The van der Waals surface area contributed by atoms with Crippen LogP contribution < -0.4 is 10.1 Å². The number of nitrogens with zero attached hydrogens (tertiary/aromatic N) is 1. The van der Waals surface area contributed by atoms with Crippen LogP contribution in [0.4, 0.5) is 0 Å². The Kier molecular flexibility index (Phi) is 4.65. The number of ether oxygens (including phenoxy) is 1. The molecule has 2 atom stereocenters. The number of methoxy groups -OCH3 is 1. The Labute approximate surface area is 121 Å². The molecule has 1 aromatic carbocycles. The van der Waals surface area contributed by atoms with E-state index in [1.54, 1.807) is 7.11 Å². The second-order valence-electron chi connectivity index (χ2n) is 5.78. The van der Waals surface area contributed by atoms with Crippen LogP contribution in [0.3, 0.4) is 0 Å². The number of piperazine rings is 1. The van der Waals surface area contributed by atoms with Crippen molar-refractivity contribution in [3.05, 3.63) is 29.8 Å². The Balaban J connectivity index is 2.29. The zero-order valence-corrected chi connectivity index (χ0v) is 12.7. The van der Waals surface area contributed by atoms with Crippen molar-refractivity contribution in [2.75, 3.05) is 20.2 Å². The first-order valence-electron chi connectivity index (χ1n) is 7.22. The highest BCUT2D eigenvalue weighted by atomic mass is 16.5. The Morgan fingerprint density at radius 2 is 2.10 bits per heavy atom. The molecule has 2 unspecified atom stereocenters. The van der Waals surface area contributed by atoms with Gasteiger partial charge in [0.15, 0.2) is 0 Å². The van der Waals surface area contributed by atoms with Crippen LogP contribution in [0.5, 0.6) is 5.75 Å². The summed E-state index contributed by atoms with van der Waals surface area (Å²) < 4.78 is 5.32. The summed E-state index contributed by atoms with van der Waals surface area (Å²) in [5, 5.41) is 3.45. The number of hydrogen-bond acceptors (Lipinski definition) is 3. The zero-order chi connectivity index (χ0) is 14.7. The first-order valence-corrected chi connectivity index (χ1v) is 7.22. The van der Waals surface area contributed by atoms with Gasteiger partial charge in [0.25, 0.3) is 5.91 Å². The first kappa shape index (κ1) is 14.9. The molecule has 1 aromatic rings. The molecule has 1 aliphatic heterocycles. The molecule has 1 fully saturated rings. The third kappa shape index (κ3) is 2.96. The molecule has 0 bridgehead atoms. The third-order valence-electron chi connectivity index (χ3n) is 3.91. The van der Waals surface area contributed by atoms with E-state index in [-0.39, 0.29) is 11.9 Å². The SMILES string of the molecule is COc1ccccc1C(=O)N1CC(C)NCC1C(C)C. The maximum atomic E-state index is 12.9. The van der Waals surface area contributed by atoms with Crippen LogP contribution in [0.15, 0.2) is 24.3 Å². The van der Waals surface area contributed by atoms with E-state index in [4.69, 9.17) is 4.74 Å². The van der Waals surface area contributed by atoms with Crippen LogP contribution in [0.2, 0.25) is 0 Å². The summed E-state index contributed by atoms with van der Waals surface area (Å²) in [7, 11) is 1.60. The number of carbonyl (C=O) groups is 1. The van der Waals surface area contributed by atoms with Crippen molar-refractivity contribution in [2.24, 2.45) is 5.92 Å². The van der Waals surface area contributed by atoms with Crippen molar-refractivity contribution >= 4 is 5.91 Å². The highest BCUT2D eigenvalue weighted by Gasteiger charge is 2.32. The van der Waals surface area contributed by atoms with Crippen molar-refractivity contribution in [2.45, 2.75) is 32.9 Å². The van der Waals surface area contributed by atoms with Gasteiger partial charge in [0.1, 0.15) is 5.75 Å². The summed E-state index contributed by atoms with van der Waals surface area (Å²) in [5.74, 6) is 1.13. The molecule has 1 saturated heterocycles. The molecule has 0 aromatic heterocycles. The molecule has 1 N–H and O–H groups in total. The monoisotopic (exact) mass is 276 g/mol. The molecule has 1 amide bonds. The number of nitrogens with one attached hydrogen (secondary N) is 1. The fourth-order valence-electron chi connectivity index (χ4n) is 2.73. The Hall–Kier alpha value is -1.55. The number of hydrogen-bond donors (Lipinski definition) is 1. The maximum absolute atomic E-state index is 12.9. The molecule has 110 valence electrons. The molecule has 0 saturated carbocycles. The van der Waals surface area contributed by atoms with E-state index < -0.39 is 0 Å². The average molecular weight is 276 g/mol. The van der Waals surface area contributed by atoms with E-state index in [0.717, 1.165) is 13.1 Å². The molecule has 0 radical (unpaired) electrons. The third-order valence-corrected chi connectivity index (χ3v) is 3.91. The van der Waals surface area contributed by atoms with Crippen molar-refractivity contribution in [1.29, 1.82) is 0 Å². The highest BCUT2D eigenvalue weighted by molar-refractivity contribution is 5.97. The minimum absolute atomic E-state index is 0.0644. The number of carbonyl (C=O) groups excluding carboxylic acids is 1. The summed E-state index contributed by atoms with van der Waals surface area (Å²) in [6, 6.07) is 7.99. The van der Waals surface area contributed by atoms with Crippen molar-refractivity contribution < 1.29 is 9.53 Å². The Morgan fingerprint density at radius 3 is 2.75 bits per heavy atom. The molecule has 0 aliphatic carbocycles. The fourth-order valence-corrected chi connectivity index (χ4v) is 2.73. The Morgan fingerprint density at radius 1 is 1.40 bits per heavy atom. The second kappa shape index (κ2) is 6.27. The van der Waals surface area contributed by atoms with Gasteiger partial charge in [-0.3, -0.25) is 4.79 Å². The van der Waals surface area contributed by atoms with Crippen LogP contribution in [0, 0.1) is 5.92 Å². The van der Waals surface area contributed by atoms with Crippen LogP contribution in [0.1, 0.15) is 31.1 Å². The zero-order valence-electron chi connectivity index (χ0n) is 12.7. The number of rotatable bonds is 3. The fraction of sp³-hybridized carbons (Fsp3) is 0.562. The lowest BCUT2D eigenvalue weighted by Crippen LogP contribution is -2.59. The van der Waals surface area contributed by atoms with Crippen molar-refractivity contribution in [3.8, 4) is 5.75 Å². The quantitative estimate of drug-likeness (QED) is 0.920. The summed E-state index contributed by atoms with van der Waals surface area (Å²) in [5.41, 5.74) is 0.648. The summed E-state index contributed by atoms with van der Waals surface area (Å²) >= 11 is 0. The summed E-state index contributed by atoms with van der Waals surface area (Å²) in [6.07, 6.45) is 0. The lowest BCUT2D eigenvalue weighted by molar-refractivity contribution is 0.0519. The maximum Gasteiger partial charge on any atom is 0.257 e. The van der Waals surface area contributed by atoms with Gasteiger partial charge in [-0.2, -0.15) is 0 Å². The number of para-hydroxylation sites is 1. The topological polar surface area (TPSA) is 41.6 Å². The number of amides is 1. The van der Waals surface area contributed by atoms with Gasteiger partial charge in [0, 0.05) is 25.2 Å². The van der Waals surface area contributed by atoms with Gasteiger partial charge in [-0.1, -0.05) is 26.0 Å². The predicted octanol–water partition coefficient (Wildman–Crippen LogP) is 2.15. The lowest BCUT2D eigenvalue weighted by atomic mass is 9.97. The van der Waals surface area contributed by atoms with Gasteiger partial charge >= 0.3 is 0 Å². The molecule has 20 heavy (non-hydrogen) atoms. The van der Waals surface area contributed by atoms with Gasteiger partial charge < -0.3 is 15.0 Å². The van der Waals surface area contributed by atoms with Gasteiger partial charge in [-0.15, -0.1) is 0 Å². The van der Waals surface area contributed by atoms with Crippen LogP contribution >= 0.6 is 0 Å². The smallest absolute Gasteiger partial charge is 0.257 e.